The van der Waals surface area contributed by atoms with Crippen LogP contribution in [0.3, 0.4) is 0 Å². The van der Waals surface area contributed by atoms with Gasteiger partial charge in [-0.15, -0.1) is 0 Å². The van der Waals surface area contributed by atoms with E-state index in [0.717, 1.165) is 11.1 Å². The monoisotopic (exact) mass is 368 g/mol. The van der Waals surface area contributed by atoms with E-state index in [9.17, 15) is 13.2 Å². The smallest absolute Gasteiger partial charge is 0.211 e. The van der Waals surface area contributed by atoms with E-state index in [4.69, 9.17) is 6.57 Å². The molecule has 2 aromatic rings. The number of ketones is 1. The summed E-state index contributed by atoms with van der Waals surface area (Å²) in [7, 11) is -3.18. The summed E-state index contributed by atoms with van der Waals surface area (Å²) in [5.74, 6) is -0.0658. The topological polar surface area (TPSA) is 58.8 Å². The molecule has 26 heavy (non-hydrogen) atoms. The third-order valence-electron chi connectivity index (χ3n) is 4.77. The molecule has 1 aliphatic heterocycles. The number of hydrogen-bond donors (Lipinski definition) is 0. The molecule has 2 aromatic carbocycles. The van der Waals surface area contributed by atoms with Gasteiger partial charge in [-0.25, -0.2) is 17.6 Å². The average molecular weight is 368 g/mol. The number of carbonyl (C=O) groups excluding carboxylic acids is 1. The Morgan fingerprint density at radius 2 is 1.73 bits per heavy atom. The molecule has 0 spiro atoms. The molecule has 0 unspecified atom stereocenters. The van der Waals surface area contributed by atoms with Gasteiger partial charge in [-0.2, -0.15) is 0 Å². The summed E-state index contributed by atoms with van der Waals surface area (Å²) in [6.45, 7) is 7.90. The fraction of sp³-hybridized carbons (Fsp3) is 0.300. The Hall–Kier alpha value is -2.49. The van der Waals surface area contributed by atoms with E-state index >= 15 is 0 Å². The zero-order valence-corrected chi connectivity index (χ0v) is 15.4. The third-order valence-corrected chi connectivity index (χ3v) is 6.07. The minimum Gasteiger partial charge on any atom is -0.294 e. The van der Waals surface area contributed by atoms with E-state index in [2.05, 4.69) is 4.85 Å². The van der Waals surface area contributed by atoms with Crippen LogP contribution >= 0.6 is 0 Å². The van der Waals surface area contributed by atoms with E-state index in [0.29, 0.717) is 37.2 Å². The largest absolute Gasteiger partial charge is 0.294 e. The normalized spacial score (nSPS) is 16.2. The first kappa shape index (κ1) is 18.3. The summed E-state index contributed by atoms with van der Waals surface area (Å²) in [5.41, 5.74) is 3.13. The number of sulfonamides is 1. The minimum atomic E-state index is -3.18. The molecule has 0 N–H and O–H groups in total. The Bertz CT molecular complexity index is 951. The number of hydrogen-bond acceptors (Lipinski definition) is 3. The molecule has 5 nitrogen and oxygen atoms in total. The van der Waals surface area contributed by atoms with E-state index in [1.807, 2.05) is 42.5 Å². The lowest BCUT2D eigenvalue weighted by Crippen LogP contribution is -2.39. The predicted molar refractivity (Wildman–Crippen MR) is 102 cm³/mol. The van der Waals surface area contributed by atoms with Crippen molar-refractivity contribution < 1.29 is 13.2 Å². The van der Waals surface area contributed by atoms with Crippen molar-refractivity contribution in [2.45, 2.75) is 12.8 Å². The van der Waals surface area contributed by atoms with Gasteiger partial charge in [-0.3, -0.25) is 4.79 Å². The molecule has 0 bridgehead atoms. The Morgan fingerprint density at radius 3 is 2.31 bits per heavy atom. The van der Waals surface area contributed by atoms with Crippen LogP contribution in [0.5, 0.6) is 0 Å². The first-order chi connectivity index (χ1) is 12.4. The van der Waals surface area contributed by atoms with Gasteiger partial charge in [0.15, 0.2) is 11.5 Å². The van der Waals surface area contributed by atoms with Gasteiger partial charge in [-0.1, -0.05) is 42.5 Å². The molecule has 3 rings (SSSR count). The van der Waals surface area contributed by atoms with Crippen LogP contribution in [-0.2, 0) is 10.0 Å². The Morgan fingerprint density at radius 1 is 1.08 bits per heavy atom. The molecule has 0 aliphatic carbocycles. The van der Waals surface area contributed by atoms with Gasteiger partial charge in [-0.05, 0) is 30.0 Å². The summed E-state index contributed by atoms with van der Waals surface area (Å²) >= 11 is 0. The van der Waals surface area contributed by atoms with E-state index in [1.54, 1.807) is 6.07 Å². The number of Topliss-reactive ketones (excluding diaryl/α,β-unsaturated/α-hetero) is 1. The van der Waals surface area contributed by atoms with Gasteiger partial charge < -0.3 is 0 Å². The molecule has 0 saturated carbocycles. The second-order valence-corrected chi connectivity index (χ2v) is 8.52. The summed E-state index contributed by atoms with van der Waals surface area (Å²) in [6.07, 6.45) is 2.32. The molecule has 1 heterocycles. The van der Waals surface area contributed by atoms with Crippen molar-refractivity contribution in [3.05, 3.63) is 65.5 Å². The second-order valence-electron chi connectivity index (χ2n) is 6.54. The lowest BCUT2D eigenvalue weighted by Gasteiger charge is -2.29. The molecule has 0 atom stereocenters. The zero-order chi connectivity index (χ0) is 18.7. The van der Waals surface area contributed by atoms with Crippen molar-refractivity contribution >= 4 is 21.5 Å². The molecule has 0 aromatic heterocycles. The highest BCUT2D eigenvalue weighted by Crippen LogP contribution is 2.27. The van der Waals surface area contributed by atoms with Crippen LogP contribution in [-0.4, -0.2) is 37.9 Å². The van der Waals surface area contributed by atoms with Crippen LogP contribution in [0.4, 0.5) is 5.69 Å². The molecule has 0 radical (unpaired) electrons. The summed E-state index contributed by atoms with van der Waals surface area (Å²) in [4.78, 5) is 16.1. The first-order valence-corrected chi connectivity index (χ1v) is 10.3. The van der Waals surface area contributed by atoms with E-state index in [-0.39, 0.29) is 11.7 Å². The molecule has 6 heteroatoms. The maximum Gasteiger partial charge on any atom is 0.211 e. The van der Waals surface area contributed by atoms with Gasteiger partial charge in [0.25, 0.3) is 0 Å². The Balaban J connectivity index is 1.71. The van der Waals surface area contributed by atoms with Crippen LogP contribution in [0.15, 0.2) is 48.5 Å². The SMILES string of the molecule is [C-]#[N+]c1cccc(-c2ccc(C(=O)C3CCN(S(C)(=O)=O)CC3)cc2)c1. The molecule has 1 saturated heterocycles. The highest BCUT2D eigenvalue weighted by Gasteiger charge is 2.29. The van der Waals surface area contributed by atoms with Gasteiger partial charge in [0.2, 0.25) is 10.0 Å². The Kier molecular flexibility index (Phi) is 5.21. The third kappa shape index (κ3) is 4.01. The lowest BCUT2D eigenvalue weighted by molar-refractivity contribution is 0.0875. The summed E-state index contributed by atoms with van der Waals surface area (Å²) in [5, 5.41) is 0. The summed E-state index contributed by atoms with van der Waals surface area (Å²) in [6, 6.07) is 14.8. The average Bonchev–Trinajstić information content (AvgIpc) is 2.67. The maximum absolute atomic E-state index is 12.7. The van der Waals surface area contributed by atoms with Crippen LogP contribution in [0.2, 0.25) is 0 Å². The van der Waals surface area contributed by atoms with Crippen molar-refractivity contribution in [2.24, 2.45) is 5.92 Å². The van der Waals surface area contributed by atoms with Gasteiger partial charge in [0, 0.05) is 24.6 Å². The highest BCUT2D eigenvalue weighted by atomic mass is 32.2. The first-order valence-electron chi connectivity index (χ1n) is 8.46. The van der Waals surface area contributed by atoms with Crippen LogP contribution < -0.4 is 0 Å². The molecule has 1 aliphatic rings. The number of benzene rings is 2. The molecule has 0 amide bonds. The van der Waals surface area contributed by atoms with Gasteiger partial charge in [0.05, 0.1) is 12.8 Å². The highest BCUT2D eigenvalue weighted by molar-refractivity contribution is 7.88. The summed E-state index contributed by atoms with van der Waals surface area (Å²) < 4.78 is 24.6. The van der Waals surface area contributed by atoms with Crippen LogP contribution in [0.25, 0.3) is 16.0 Å². The molecule has 1 fully saturated rings. The van der Waals surface area contributed by atoms with Crippen molar-refractivity contribution in [2.75, 3.05) is 19.3 Å². The van der Waals surface area contributed by atoms with Crippen LogP contribution in [0, 0.1) is 12.5 Å². The van der Waals surface area contributed by atoms with Crippen molar-refractivity contribution in [1.29, 1.82) is 0 Å². The van der Waals surface area contributed by atoms with Crippen molar-refractivity contribution in [3.63, 3.8) is 0 Å². The lowest BCUT2D eigenvalue weighted by atomic mass is 9.89. The predicted octanol–water partition coefficient (Wildman–Crippen LogP) is 3.76. The fourth-order valence-electron chi connectivity index (χ4n) is 3.27. The second kappa shape index (κ2) is 7.40. The quantitative estimate of drug-likeness (QED) is 0.610. The maximum atomic E-state index is 12.7. The molecular formula is C20H20N2O3S. The number of piperidine rings is 1. The Labute approximate surface area is 154 Å². The van der Waals surface area contributed by atoms with Crippen molar-refractivity contribution in [3.8, 4) is 11.1 Å². The zero-order valence-electron chi connectivity index (χ0n) is 14.6. The standard InChI is InChI=1S/C20H20N2O3S/c1-21-19-5-3-4-18(14-19)15-6-8-16(9-7-15)20(23)17-10-12-22(13-11-17)26(2,24)25/h3-9,14,17H,10-13H2,2H3. The molecule has 134 valence electrons. The van der Waals surface area contributed by atoms with Crippen molar-refractivity contribution in [1.82, 2.24) is 4.31 Å². The van der Waals surface area contributed by atoms with Gasteiger partial charge in [0.1, 0.15) is 0 Å². The fourth-order valence-corrected chi connectivity index (χ4v) is 4.14. The number of nitrogens with zero attached hydrogens (tertiary/aromatic N) is 2. The van der Waals surface area contributed by atoms with Crippen LogP contribution in [0.1, 0.15) is 23.2 Å². The van der Waals surface area contributed by atoms with E-state index < -0.39 is 10.0 Å². The number of carbonyl (C=O) groups is 1. The van der Waals surface area contributed by atoms with E-state index in [1.165, 1.54) is 10.6 Å². The minimum absolute atomic E-state index is 0.0691. The molecular weight excluding hydrogens is 348 g/mol. The van der Waals surface area contributed by atoms with Gasteiger partial charge >= 0.3 is 0 Å². The number of rotatable bonds is 4.